The molecule has 0 saturated carbocycles. The van der Waals surface area contributed by atoms with E-state index >= 15 is 0 Å². The molecule has 6 nitrogen and oxygen atoms in total. The van der Waals surface area contributed by atoms with Crippen LogP contribution in [0.25, 0.3) is 21.8 Å². The van der Waals surface area contributed by atoms with Gasteiger partial charge < -0.3 is 19.7 Å². The number of hydrogen-bond acceptors (Lipinski definition) is 4. The highest BCUT2D eigenvalue weighted by Crippen LogP contribution is 2.31. The van der Waals surface area contributed by atoms with E-state index in [2.05, 4.69) is 22.0 Å². The lowest BCUT2D eigenvalue weighted by atomic mass is 10.1. The third kappa shape index (κ3) is 3.08. The fraction of sp³-hybridized carbons (Fsp3) is 0.350. The minimum atomic E-state index is -0.241. The number of rotatable bonds is 3. The predicted octanol–water partition coefficient (Wildman–Crippen LogP) is 3.30. The molecular formula is C20H23N3O3. The molecule has 1 amide bonds. The summed E-state index contributed by atoms with van der Waals surface area (Å²) in [7, 11) is 0. The second-order valence-corrected chi connectivity index (χ2v) is 6.66. The molecule has 0 atom stereocenters. The number of nitrogens with one attached hydrogen (secondary N) is 1. The lowest BCUT2D eigenvalue weighted by Crippen LogP contribution is -2.48. The number of piperazine rings is 1. The summed E-state index contributed by atoms with van der Waals surface area (Å²) < 4.78 is 5.06. The van der Waals surface area contributed by atoms with E-state index in [0.717, 1.165) is 40.5 Å². The van der Waals surface area contributed by atoms with Crippen molar-refractivity contribution >= 4 is 27.9 Å². The summed E-state index contributed by atoms with van der Waals surface area (Å²) in [6.45, 7) is 5.71. The summed E-state index contributed by atoms with van der Waals surface area (Å²) in [6, 6.07) is 12.0. The maximum absolute atomic E-state index is 11.8. The summed E-state index contributed by atoms with van der Waals surface area (Å²) in [6.07, 6.45) is -0.241. The first-order valence-corrected chi connectivity index (χ1v) is 9.02. The van der Waals surface area contributed by atoms with Gasteiger partial charge in [0.2, 0.25) is 0 Å². The van der Waals surface area contributed by atoms with Crippen LogP contribution in [0, 0.1) is 0 Å². The summed E-state index contributed by atoms with van der Waals surface area (Å²) >= 11 is 0. The Hall–Kier alpha value is -2.73. The Bertz CT molecular complexity index is 942. The maximum Gasteiger partial charge on any atom is 0.409 e. The van der Waals surface area contributed by atoms with E-state index in [1.165, 1.54) is 0 Å². The standard InChI is InChI=1S/C20H23N3O3/c1-2-26-20(25)23-9-7-22(8-10-23)13-14-11-16-15-5-3-4-6-17(15)21-18(16)12-19(14)24/h3-6,11-12,21,24H,2,7-10,13H2,1H3. The highest BCUT2D eigenvalue weighted by molar-refractivity contribution is 6.07. The van der Waals surface area contributed by atoms with Gasteiger partial charge in [0.25, 0.3) is 0 Å². The van der Waals surface area contributed by atoms with Gasteiger partial charge in [-0.3, -0.25) is 4.90 Å². The highest BCUT2D eigenvalue weighted by Gasteiger charge is 2.22. The number of H-pyrrole nitrogens is 1. The Kier molecular flexibility index (Phi) is 4.42. The van der Waals surface area contributed by atoms with Gasteiger partial charge in [-0.1, -0.05) is 18.2 Å². The van der Waals surface area contributed by atoms with E-state index in [-0.39, 0.29) is 6.09 Å². The van der Waals surface area contributed by atoms with Crippen LogP contribution < -0.4 is 0 Å². The van der Waals surface area contributed by atoms with E-state index in [9.17, 15) is 9.90 Å². The number of aromatic hydroxyl groups is 1. The molecule has 26 heavy (non-hydrogen) atoms. The van der Waals surface area contributed by atoms with Crippen LogP contribution in [-0.4, -0.2) is 58.8 Å². The normalized spacial score (nSPS) is 15.7. The van der Waals surface area contributed by atoms with E-state index in [4.69, 9.17) is 4.74 Å². The molecular weight excluding hydrogens is 330 g/mol. The average molecular weight is 353 g/mol. The van der Waals surface area contributed by atoms with Gasteiger partial charge in [0, 0.05) is 60.6 Å². The molecule has 136 valence electrons. The van der Waals surface area contributed by atoms with E-state index in [1.54, 1.807) is 11.0 Å². The number of benzene rings is 2. The molecule has 0 bridgehead atoms. The molecule has 0 aliphatic carbocycles. The molecule has 0 radical (unpaired) electrons. The molecule has 1 aromatic heterocycles. The molecule has 1 saturated heterocycles. The third-order valence-electron chi connectivity index (χ3n) is 5.00. The van der Waals surface area contributed by atoms with E-state index in [0.29, 0.717) is 32.0 Å². The van der Waals surface area contributed by atoms with Crippen LogP contribution >= 0.6 is 0 Å². The molecule has 2 N–H and O–H groups in total. The fourth-order valence-corrected chi connectivity index (χ4v) is 3.60. The van der Waals surface area contributed by atoms with Crippen molar-refractivity contribution in [1.29, 1.82) is 0 Å². The predicted molar refractivity (Wildman–Crippen MR) is 101 cm³/mol. The molecule has 1 fully saturated rings. The number of fused-ring (bicyclic) bond motifs is 3. The largest absolute Gasteiger partial charge is 0.508 e. The number of aromatic amines is 1. The zero-order valence-corrected chi connectivity index (χ0v) is 14.9. The number of phenolic OH excluding ortho intramolecular Hbond substituents is 1. The number of ether oxygens (including phenoxy) is 1. The highest BCUT2D eigenvalue weighted by atomic mass is 16.6. The second kappa shape index (κ2) is 6.88. The SMILES string of the molecule is CCOC(=O)N1CCN(Cc2cc3c(cc2O)[nH]c2ccccc23)CC1. The van der Waals surface area contributed by atoms with Gasteiger partial charge in [-0.05, 0) is 19.1 Å². The van der Waals surface area contributed by atoms with Gasteiger partial charge in [-0.2, -0.15) is 0 Å². The number of carbonyl (C=O) groups excluding carboxylic acids is 1. The van der Waals surface area contributed by atoms with Gasteiger partial charge in [0.1, 0.15) is 5.75 Å². The van der Waals surface area contributed by atoms with Crippen LogP contribution in [0.1, 0.15) is 12.5 Å². The molecule has 2 heterocycles. The van der Waals surface area contributed by atoms with Crippen LogP contribution in [0.2, 0.25) is 0 Å². The van der Waals surface area contributed by atoms with Crippen molar-refractivity contribution in [3.05, 3.63) is 42.0 Å². The quantitative estimate of drug-likeness (QED) is 0.758. The minimum Gasteiger partial charge on any atom is -0.508 e. The number of hydrogen-bond donors (Lipinski definition) is 2. The lowest BCUT2D eigenvalue weighted by Gasteiger charge is -2.34. The first kappa shape index (κ1) is 16.7. The number of phenols is 1. The van der Waals surface area contributed by atoms with Crippen LogP contribution in [0.3, 0.4) is 0 Å². The van der Waals surface area contributed by atoms with Crippen LogP contribution in [0.5, 0.6) is 5.75 Å². The molecule has 1 aliphatic heterocycles. The molecule has 6 heteroatoms. The van der Waals surface area contributed by atoms with Gasteiger partial charge in [-0.25, -0.2) is 4.79 Å². The fourth-order valence-electron chi connectivity index (χ4n) is 3.60. The lowest BCUT2D eigenvalue weighted by molar-refractivity contribution is 0.0776. The first-order chi connectivity index (χ1) is 12.7. The van der Waals surface area contributed by atoms with Crippen molar-refractivity contribution in [3.8, 4) is 5.75 Å². The van der Waals surface area contributed by atoms with E-state index in [1.807, 2.05) is 25.1 Å². The average Bonchev–Trinajstić information content (AvgIpc) is 3.00. The topological polar surface area (TPSA) is 68.8 Å². The van der Waals surface area contributed by atoms with Gasteiger partial charge >= 0.3 is 6.09 Å². The monoisotopic (exact) mass is 353 g/mol. The second-order valence-electron chi connectivity index (χ2n) is 6.66. The Morgan fingerprint density at radius 2 is 1.88 bits per heavy atom. The number of nitrogens with zero attached hydrogens (tertiary/aromatic N) is 2. The Morgan fingerprint density at radius 3 is 2.65 bits per heavy atom. The first-order valence-electron chi connectivity index (χ1n) is 9.02. The van der Waals surface area contributed by atoms with Crippen LogP contribution in [-0.2, 0) is 11.3 Å². The number of para-hydroxylation sites is 1. The summed E-state index contributed by atoms with van der Waals surface area (Å²) in [4.78, 5) is 19.1. The minimum absolute atomic E-state index is 0.241. The van der Waals surface area contributed by atoms with Gasteiger partial charge in [0.05, 0.1) is 12.1 Å². The van der Waals surface area contributed by atoms with Crippen molar-refractivity contribution in [3.63, 3.8) is 0 Å². The van der Waals surface area contributed by atoms with Crippen molar-refractivity contribution in [2.45, 2.75) is 13.5 Å². The third-order valence-corrected chi connectivity index (χ3v) is 5.00. The van der Waals surface area contributed by atoms with E-state index < -0.39 is 0 Å². The summed E-state index contributed by atoms with van der Waals surface area (Å²) in [5, 5.41) is 12.7. The zero-order chi connectivity index (χ0) is 18.1. The molecule has 0 spiro atoms. The molecule has 2 aromatic carbocycles. The Labute approximate surface area is 152 Å². The number of carbonyl (C=O) groups is 1. The van der Waals surface area contributed by atoms with Crippen molar-refractivity contribution in [2.24, 2.45) is 0 Å². The van der Waals surface area contributed by atoms with Crippen LogP contribution in [0.15, 0.2) is 36.4 Å². The van der Waals surface area contributed by atoms with Gasteiger partial charge in [-0.15, -0.1) is 0 Å². The Morgan fingerprint density at radius 1 is 1.12 bits per heavy atom. The van der Waals surface area contributed by atoms with Gasteiger partial charge in [0.15, 0.2) is 0 Å². The van der Waals surface area contributed by atoms with Crippen molar-refractivity contribution in [2.75, 3.05) is 32.8 Å². The summed E-state index contributed by atoms with van der Waals surface area (Å²) in [5.74, 6) is 0.303. The smallest absolute Gasteiger partial charge is 0.409 e. The molecule has 4 rings (SSSR count). The maximum atomic E-state index is 11.8. The molecule has 3 aromatic rings. The zero-order valence-electron chi connectivity index (χ0n) is 14.9. The summed E-state index contributed by atoms with van der Waals surface area (Å²) in [5.41, 5.74) is 2.92. The van der Waals surface area contributed by atoms with Crippen LogP contribution in [0.4, 0.5) is 4.79 Å². The van der Waals surface area contributed by atoms with Crippen molar-refractivity contribution in [1.82, 2.24) is 14.8 Å². The molecule has 1 aliphatic rings. The van der Waals surface area contributed by atoms with Crippen molar-refractivity contribution < 1.29 is 14.6 Å². The number of amides is 1. The Balaban J connectivity index is 1.52. The molecule has 0 unspecified atom stereocenters. The number of aromatic nitrogens is 1.